The molecule has 1 aliphatic heterocycles. The van der Waals surface area contributed by atoms with E-state index in [0.29, 0.717) is 40.1 Å². The van der Waals surface area contributed by atoms with Gasteiger partial charge in [0, 0.05) is 16.6 Å². The lowest BCUT2D eigenvalue weighted by Gasteiger charge is -2.04. The minimum absolute atomic E-state index is 0.123. The quantitative estimate of drug-likeness (QED) is 0.651. The third-order valence-electron chi connectivity index (χ3n) is 4.42. The molecule has 0 aliphatic carbocycles. The summed E-state index contributed by atoms with van der Waals surface area (Å²) in [6.07, 6.45) is 2.26. The van der Waals surface area contributed by atoms with Crippen molar-refractivity contribution in [3.8, 4) is 0 Å². The minimum Gasteiger partial charge on any atom is -0.477 e. The summed E-state index contributed by atoms with van der Waals surface area (Å²) in [7, 11) is 0. The highest BCUT2D eigenvalue weighted by molar-refractivity contribution is 9.10. The number of aryl methyl sites for hydroxylation is 1. The molecule has 0 radical (unpaired) electrons. The summed E-state index contributed by atoms with van der Waals surface area (Å²) in [5, 5.41) is 9.64. The van der Waals surface area contributed by atoms with Crippen LogP contribution >= 0.6 is 27.3 Å². The Morgan fingerprint density at radius 1 is 1.46 bits per heavy atom. The van der Waals surface area contributed by atoms with E-state index in [9.17, 15) is 19.1 Å². The number of nitrogens with zero attached hydrogens (tertiary/aromatic N) is 2. The number of carboxylic acids is 1. The molecule has 26 heavy (non-hydrogen) atoms. The van der Waals surface area contributed by atoms with E-state index in [4.69, 9.17) is 0 Å². The molecule has 0 unspecified atom stereocenters. The summed E-state index contributed by atoms with van der Waals surface area (Å²) in [4.78, 5) is 29.2. The Bertz CT molecular complexity index is 1180. The molecule has 132 valence electrons. The van der Waals surface area contributed by atoms with Gasteiger partial charge in [-0.05, 0) is 48.8 Å². The molecule has 8 heteroatoms. The number of halogens is 2. The molecule has 0 saturated heterocycles. The van der Waals surface area contributed by atoms with E-state index in [-0.39, 0.29) is 16.3 Å². The summed E-state index contributed by atoms with van der Waals surface area (Å²) >= 11 is 4.32. The van der Waals surface area contributed by atoms with Crippen LogP contribution in [0.2, 0.25) is 0 Å². The van der Waals surface area contributed by atoms with Gasteiger partial charge in [0.15, 0.2) is 0 Å². The maximum atomic E-state index is 14.1. The van der Waals surface area contributed by atoms with Crippen LogP contribution in [-0.2, 0) is 6.54 Å². The number of hydrogen-bond acceptors (Lipinski definition) is 4. The van der Waals surface area contributed by atoms with Crippen LogP contribution in [0.1, 0.15) is 33.0 Å². The van der Waals surface area contributed by atoms with Crippen molar-refractivity contribution in [3.05, 3.63) is 60.7 Å². The van der Waals surface area contributed by atoms with Gasteiger partial charge in [-0.15, -0.1) is 11.3 Å². The number of fused-ring (bicyclic) bond motifs is 2. The fraction of sp³-hybridized carbons (Fsp3) is 0.167. The molecule has 4 rings (SSSR count). The number of allylic oxidation sites excluding steroid dienone is 1. The van der Waals surface area contributed by atoms with E-state index in [2.05, 4.69) is 20.9 Å². The van der Waals surface area contributed by atoms with Crippen molar-refractivity contribution in [2.75, 3.05) is 0 Å². The SMILES string of the molecule is Cc1c(C(=O)O)sc2nc3n(c(=O)c12)CCC3=Cc1cc(Br)ccc1F. The minimum atomic E-state index is -1.07. The van der Waals surface area contributed by atoms with Gasteiger partial charge in [-0.3, -0.25) is 9.36 Å². The van der Waals surface area contributed by atoms with Gasteiger partial charge in [0.25, 0.3) is 5.56 Å². The second kappa shape index (κ2) is 6.14. The monoisotopic (exact) mass is 434 g/mol. The average Bonchev–Trinajstić information content (AvgIpc) is 3.13. The molecule has 1 N–H and O–H groups in total. The number of carbonyl (C=O) groups is 1. The van der Waals surface area contributed by atoms with Crippen LogP contribution in [0.3, 0.4) is 0 Å². The van der Waals surface area contributed by atoms with Crippen LogP contribution in [0.5, 0.6) is 0 Å². The molecular weight excluding hydrogens is 423 g/mol. The zero-order valence-corrected chi connectivity index (χ0v) is 15.9. The van der Waals surface area contributed by atoms with Crippen molar-refractivity contribution in [1.82, 2.24) is 9.55 Å². The number of aromatic nitrogens is 2. The highest BCUT2D eigenvalue weighted by Crippen LogP contribution is 2.33. The van der Waals surface area contributed by atoms with E-state index >= 15 is 0 Å². The smallest absolute Gasteiger partial charge is 0.346 e. The van der Waals surface area contributed by atoms with Crippen molar-refractivity contribution in [3.63, 3.8) is 0 Å². The lowest BCUT2D eigenvalue weighted by atomic mass is 10.1. The first-order valence-electron chi connectivity index (χ1n) is 7.80. The van der Waals surface area contributed by atoms with Crippen molar-refractivity contribution in [1.29, 1.82) is 0 Å². The van der Waals surface area contributed by atoms with E-state index < -0.39 is 5.97 Å². The normalized spacial score (nSPS) is 15.0. The first kappa shape index (κ1) is 17.1. The summed E-state index contributed by atoms with van der Waals surface area (Å²) in [6, 6.07) is 4.66. The zero-order valence-electron chi connectivity index (χ0n) is 13.5. The van der Waals surface area contributed by atoms with E-state index in [1.165, 1.54) is 10.6 Å². The highest BCUT2D eigenvalue weighted by Gasteiger charge is 2.25. The fourth-order valence-corrected chi connectivity index (χ4v) is 4.56. The summed E-state index contributed by atoms with van der Waals surface area (Å²) in [5.74, 6) is -0.954. The van der Waals surface area contributed by atoms with Crippen LogP contribution in [0, 0.1) is 12.7 Å². The molecule has 3 aromatic rings. The van der Waals surface area contributed by atoms with Crippen molar-refractivity contribution in [2.45, 2.75) is 19.9 Å². The molecule has 1 aromatic carbocycles. The molecule has 0 fully saturated rings. The maximum absolute atomic E-state index is 14.1. The largest absolute Gasteiger partial charge is 0.477 e. The van der Waals surface area contributed by atoms with Crippen molar-refractivity contribution < 1.29 is 14.3 Å². The van der Waals surface area contributed by atoms with Gasteiger partial charge < -0.3 is 5.11 Å². The molecule has 0 spiro atoms. The second-order valence-electron chi connectivity index (χ2n) is 6.02. The predicted molar refractivity (Wildman–Crippen MR) is 102 cm³/mol. The average molecular weight is 435 g/mol. The van der Waals surface area contributed by atoms with Gasteiger partial charge in [0.1, 0.15) is 21.3 Å². The van der Waals surface area contributed by atoms with Crippen molar-refractivity contribution >= 4 is 55.1 Å². The van der Waals surface area contributed by atoms with E-state index in [1.807, 2.05) is 0 Å². The zero-order chi connectivity index (χ0) is 18.6. The topological polar surface area (TPSA) is 72.2 Å². The number of hydrogen-bond donors (Lipinski definition) is 1. The Morgan fingerprint density at radius 3 is 2.96 bits per heavy atom. The molecule has 0 amide bonds. The summed E-state index contributed by atoms with van der Waals surface area (Å²) in [6.45, 7) is 2.07. The Balaban J connectivity index is 1.93. The Morgan fingerprint density at radius 2 is 2.23 bits per heavy atom. The predicted octanol–water partition coefficient (Wildman–Crippen LogP) is 4.31. The molecular formula is C18H12BrFN2O3S. The Labute approximate surface area is 159 Å². The van der Waals surface area contributed by atoms with Gasteiger partial charge in [-0.1, -0.05) is 15.9 Å². The highest BCUT2D eigenvalue weighted by atomic mass is 79.9. The second-order valence-corrected chi connectivity index (χ2v) is 7.93. The molecule has 2 aromatic heterocycles. The standard InChI is InChI=1S/C18H12BrFN2O3S/c1-8-13-16(26-14(8)18(24)25)21-15-9(4-5-22(15)17(13)23)6-10-7-11(19)2-3-12(10)20/h2-3,6-7H,4-5H2,1H3,(H,24,25). The lowest BCUT2D eigenvalue weighted by Crippen LogP contribution is -2.20. The number of thiophene rings is 1. The van der Waals surface area contributed by atoms with Crippen LogP contribution in [0.15, 0.2) is 27.5 Å². The number of aromatic carboxylic acids is 1. The van der Waals surface area contributed by atoms with Crippen molar-refractivity contribution in [2.24, 2.45) is 0 Å². The first-order valence-corrected chi connectivity index (χ1v) is 9.41. The molecule has 0 saturated carbocycles. The molecule has 3 heterocycles. The van der Waals surface area contributed by atoms with Gasteiger partial charge in [-0.25, -0.2) is 14.2 Å². The third kappa shape index (κ3) is 2.60. The van der Waals surface area contributed by atoms with Gasteiger partial charge in [-0.2, -0.15) is 0 Å². The van der Waals surface area contributed by atoms with E-state index in [1.54, 1.807) is 25.1 Å². The maximum Gasteiger partial charge on any atom is 0.346 e. The number of carboxylic acid groups (broad SMARTS) is 1. The van der Waals surface area contributed by atoms with Gasteiger partial charge in [0.2, 0.25) is 0 Å². The van der Waals surface area contributed by atoms with Crippen LogP contribution in [-0.4, -0.2) is 20.6 Å². The van der Waals surface area contributed by atoms with Crippen LogP contribution in [0.25, 0.3) is 21.9 Å². The molecule has 0 atom stereocenters. The Kier molecular flexibility index (Phi) is 4.04. The van der Waals surface area contributed by atoms with Crippen LogP contribution in [0.4, 0.5) is 4.39 Å². The number of benzene rings is 1. The Hall–Kier alpha value is -2.32. The lowest BCUT2D eigenvalue weighted by molar-refractivity contribution is 0.0701. The van der Waals surface area contributed by atoms with Gasteiger partial charge in [0.05, 0.1) is 5.39 Å². The van der Waals surface area contributed by atoms with Crippen LogP contribution < -0.4 is 5.56 Å². The summed E-state index contributed by atoms with van der Waals surface area (Å²) < 4.78 is 16.4. The van der Waals surface area contributed by atoms with E-state index in [0.717, 1.165) is 21.4 Å². The third-order valence-corrected chi connectivity index (χ3v) is 6.09. The number of rotatable bonds is 2. The summed E-state index contributed by atoms with van der Waals surface area (Å²) in [5.41, 5.74) is 1.36. The fourth-order valence-electron chi connectivity index (χ4n) is 3.17. The molecule has 0 bridgehead atoms. The van der Waals surface area contributed by atoms with Gasteiger partial charge >= 0.3 is 5.97 Å². The first-order chi connectivity index (χ1) is 12.4. The molecule has 5 nitrogen and oxygen atoms in total. The molecule has 1 aliphatic rings.